The summed E-state index contributed by atoms with van der Waals surface area (Å²) in [6, 6.07) is 4.94. The summed E-state index contributed by atoms with van der Waals surface area (Å²) in [6.45, 7) is 0.472. The molecule has 100 valence electrons. The Morgan fingerprint density at radius 3 is 2.72 bits per heavy atom. The number of nitrogens with zero attached hydrogens (tertiary/aromatic N) is 1. The van der Waals surface area contributed by atoms with Crippen molar-refractivity contribution in [2.45, 2.75) is 18.2 Å². The summed E-state index contributed by atoms with van der Waals surface area (Å²) in [5.74, 6) is 0.267. The van der Waals surface area contributed by atoms with Gasteiger partial charge >= 0.3 is 5.69 Å². The minimum Gasteiger partial charge on any atom is -0.490 e. The molecule has 0 heterocycles. The summed E-state index contributed by atoms with van der Waals surface area (Å²) in [6.07, 6.45) is 1.38. The Kier molecular flexibility index (Phi) is 5.88. The zero-order chi connectivity index (χ0) is 13.5. The molecule has 1 aromatic carbocycles. The maximum atomic E-state index is 10.9. The second kappa shape index (κ2) is 7.18. The Hall–Kier alpha value is -1.33. The summed E-state index contributed by atoms with van der Waals surface area (Å²) in [5.41, 5.74) is 0.845. The van der Waals surface area contributed by atoms with Crippen LogP contribution in [0.15, 0.2) is 18.2 Å². The number of alkyl halides is 1. The van der Waals surface area contributed by atoms with Crippen molar-refractivity contribution >= 4 is 17.3 Å². The van der Waals surface area contributed by atoms with E-state index in [9.17, 15) is 10.1 Å². The highest BCUT2D eigenvalue weighted by atomic mass is 35.5. The van der Waals surface area contributed by atoms with Crippen molar-refractivity contribution in [2.24, 2.45) is 0 Å². The molecule has 0 aliphatic rings. The van der Waals surface area contributed by atoms with Crippen molar-refractivity contribution in [1.29, 1.82) is 0 Å². The van der Waals surface area contributed by atoms with Gasteiger partial charge in [0.2, 0.25) is 0 Å². The first kappa shape index (κ1) is 14.7. The number of rotatable bonds is 7. The molecule has 0 saturated carbocycles. The molecule has 0 aliphatic carbocycles. The summed E-state index contributed by atoms with van der Waals surface area (Å²) in [4.78, 5) is 10.4. The van der Waals surface area contributed by atoms with Crippen LogP contribution in [0.5, 0.6) is 5.75 Å². The average molecular weight is 274 g/mol. The first-order chi connectivity index (χ1) is 8.58. The average Bonchev–Trinajstić information content (AvgIpc) is 2.36. The number of hydrogen-bond donors (Lipinski definition) is 0. The normalized spacial score (nSPS) is 12.2. The van der Waals surface area contributed by atoms with Crippen molar-refractivity contribution in [2.75, 3.05) is 20.8 Å². The molecule has 1 atom stereocenters. The molecule has 0 amide bonds. The molecule has 0 N–H and O–H groups in total. The van der Waals surface area contributed by atoms with Gasteiger partial charge in [-0.15, -0.1) is 11.6 Å². The van der Waals surface area contributed by atoms with Crippen LogP contribution in [0.4, 0.5) is 5.69 Å². The summed E-state index contributed by atoms with van der Waals surface area (Å²) < 4.78 is 9.87. The van der Waals surface area contributed by atoms with E-state index < -0.39 is 4.92 Å². The van der Waals surface area contributed by atoms with E-state index in [1.165, 1.54) is 13.2 Å². The Bertz CT molecular complexity index is 411. The highest BCUT2D eigenvalue weighted by Crippen LogP contribution is 2.28. The van der Waals surface area contributed by atoms with Crippen molar-refractivity contribution in [1.82, 2.24) is 0 Å². The van der Waals surface area contributed by atoms with Crippen molar-refractivity contribution in [3.63, 3.8) is 0 Å². The second-order valence-corrected chi connectivity index (χ2v) is 4.47. The fraction of sp³-hybridized carbons (Fsp3) is 0.500. The molecule has 0 radical (unpaired) electrons. The van der Waals surface area contributed by atoms with Crippen LogP contribution in [0.25, 0.3) is 0 Å². The molecule has 0 fully saturated rings. The maximum absolute atomic E-state index is 10.9. The lowest BCUT2D eigenvalue weighted by molar-refractivity contribution is -0.385. The van der Waals surface area contributed by atoms with Gasteiger partial charge in [0.1, 0.15) is 0 Å². The molecule has 0 bridgehead atoms. The van der Waals surface area contributed by atoms with Crippen molar-refractivity contribution in [3.05, 3.63) is 33.9 Å². The Labute approximate surface area is 111 Å². The van der Waals surface area contributed by atoms with Gasteiger partial charge < -0.3 is 9.47 Å². The van der Waals surface area contributed by atoms with Crippen molar-refractivity contribution < 1.29 is 14.4 Å². The number of benzene rings is 1. The molecular weight excluding hydrogens is 258 g/mol. The Balaban J connectivity index is 2.73. The fourth-order valence-electron chi connectivity index (χ4n) is 1.62. The van der Waals surface area contributed by atoms with Crippen LogP contribution < -0.4 is 4.74 Å². The Morgan fingerprint density at radius 1 is 1.44 bits per heavy atom. The standard InChI is InChI=1S/C12H16ClNO4/c1-17-8-10(13)5-3-9-4-6-12(18-2)11(7-9)14(15)16/h4,6-7,10H,3,5,8H2,1-2H3. The maximum Gasteiger partial charge on any atom is 0.311 e. The van der Waals surface area contributed by atoms with Gasteiger partial charge in [-0.2, -0.15) is 0 Å². The number of aryl methyl sites for hydroxylation is 1. The second-order valence-electron chi connectivity index (χ2n) is 3.85. The topological polar surface area (TPSA) is 61.6 Å². The number of nitro groups is 1. The number of hydrogen-bond acceptors (Lipinski definition) is 4. The quantitative estimate of drug-likeness (QED) is 0.435. The third-order valence-corrected chi connectivity index (χ3v) is 2.88. The molecule has 0 spiro atoms. The van der Waals surface area contributed by atoms with E-state index in [0.717, 1.165) is 5.56 Å². The molecule has 6 heteroatoms. The van der Waals surface area contributed by atoms with Crippen LogP contribution in [0.1, 0.15) is 12.0 Å². The number of ether oxygens (including phenoxy) is 2. The minimum atomic E-state index is -0.449. The summed E-state index contributed by atoms with van der Waals surface area (Å²) in [7, 11) is 3.00. The smallest absolute Gasteiger partial charge is 0.311 e. The highest BCUT2D eigenvalue weighted by Gasteiger charge is 2.15. The number of methoxy groups -OCH3 is 2. The van der Waals surface area contributed by atoms with Gasteiger partial charge in [-0.3, -0.25) is 10.1 Å². The monoisotopic (exact) mass is 273 g/mol. The first-order valence-corrected chi connectivity index (χ1v) is 5.96. The van der Waals surface area contributed by atoms with Gasteiger partial charge in [-0.25, -0.2) is 0 Å². The van der Waals surface area contributed by atoms with E-state index in [1.54, 1.807) is 13.2 Å². The third-order valence-electron chi connectivity index (χ3n) is 2.53. The van der Waals surface area contributed by atoms with Gasteiger partial charge in [0.05, 0.1) is 24.0 Å². The highest BCUT2D eigenvalue weighted by molar-refractivity contribution is 6.20. The van der Waals surface area contributed by atoms with Crippen molar-refractivity contribution in [3.8, 4) is 5.75 Å². The molecule has 0 saturated heterocycles. The van der Waals surface area contributed by atoms with Crippen LogP contribution in [0, 0.1) is 10.1 Å². The van der Waals surface area contributed by atoms with Crippen LogP contribution in [0.3, 0.4) is 0 Å². The summed E-state index contributed by atoms with van der Waals surface area (Å²) in [5, 5.41) is 10.8. The van der Waals surface area contributed by atoms with E-state index in [-0.39, 0.29) is 16.8 Å². The SMILES string of the molecule is COCC(Cl)CCc1ccc(OC)c([N+](=O)[O-])c1. The summed E-state index contributed by atoms with van der Waals surface area (Å²) >= 11 is 6.01. The molecule has 5 nitrogen and oxygen atoms in total. The fourth-order valence-corrected chi connectivity index (χ4v) is 1.86. The first-order valence-electron chi connectivity index (χ1n) is 5.52. The molecular formula is C12H16ClNO4. The lowest BCUT2D eigenvalue weighted by Crippen LogP contribution is -2.08. The number of nitro benzene ring substituents is 1. The van der Waals surface area contributed by atoms with E-state index in [2.05, 4.69) is 0 Å². The van der Waals surface area contributed by atoms with E-state index in [4.69, 9.17) is 21.1 Å². The zero-order valence-corrected chi connectivity index (χ0v) is 11.1. The third kappa shape index (κ3) is 4.16. The molecule has 1 rings (SSSR count). The molecule has 0 aliphatic heterocycles. The van der Waals surface area contributed by atoms with Crippen LogP contribution in [-0.2, 0) is 11.2 Å². The van der Waals surface area contributed by atoms with E-state index >= 15 is 0 Å². The molecule has 0 aromatic heterocycles. The van der Waals surface area contributed by atoms with Gasteiger partial charge in [-0.05, 0) is 24.5 Å². The zero-order valence-electron chi connectivity index (χ0n) is 10.4. The Morgan fingerprint density at radius 2 is 2.17 bits per heavy atom. The molecule has 18 heavy (non-hydrogen) atoms. The lowest BCUT2D eigenvalue weighted by atomic mass is 10.1. The van der Waals surface area contributed by atoms with Gasteiger partial charge in [-0.1, -0.05) is 6.07 Å². The van der Waals surface area contributed by atoms with Gasteiger partial charge in [0.25, 0.3) is 0 Å². The van der Waals surface area contributed by atoms with Gasteiger partial charge in [0, 0.05) is 13.2 Å². The predicted molar refractivity (Wildman–Crippen MR) is 69.5 cm³/mol. The van der Waals surface area contributed by atoms with E-state index in [0.29, 0.717) is 19.4 Å². The van der Waals surface area contributed by atoms with E-state index in [1.807, 2.05) is 6.07 Å². The van der Waals surface area contributed by atoms with Crippen LogP contribution >= 0.6 is 11.6 Å². The van der Waals surface area contributed by atoms with Crippen LogP contribution in [0.2, 0.25) is 0 Å². The number of halogens is 1. The molecule has 1 unspecified atom stereocenters. The predicted octanol–water partition coefficient (Wildman–Crippen LogP) is 2.79. The lowest BCUT2D eigenvalue weighted by Gasteiger charge is -2.08. The van der Waals surface area contributed by atoms with Gasteiger partial charge in [0.15, 0.2) is 5.75 Å². The minimum absolute atomic E-state index is 0.0205. The van der Waals surface area contributed by atoms with Crippen LogP contribution in [-0.4, -0.2) is 31.1 Å². The molecule has 1 aromatic rings. The largest absolute Gasteiger partial charge is 0.490 e.